The van der Waals surface area contributed by atoms with E-state index in [-0.39, 0.29) is 5.91 Å². The lowest BCUT2D eigenvalue weighted by atomic mass is 10.1. The number of ether oxygens (including phenoxy) is 2. The van der Waals surface area contributed by atoms with E-state index < -0.39 is 0 Å². The first-order valence-electron chi connectivity index (χ1n) is 6.36. The number of amides is 1. The highest BCUT2D eigenvalue weighted by Crippen LogP contribution is 2.30. The van der Waals surface area contributed by atoms with Crippen LogP contribution in [0.2, 0.25) is 5.02 Å². The summed E-state index contributed by atoms with van der Waals surface area (Å²) in [5.74, 6) is 0.590. The van der Waals surface area contributed by atoms with E-state index in [1.807, 2.05) is 6.92 Å². The molecule has 21 heavy (non-hydrogen) atoms. The van der Waals surface area contributed by atoms with E-state index in [9.17, 15) is 4.79 Å². The van der Waals surface area contributed by atoms with E-state index in [1.165, 1.54) is 14.2 Å². The predicted molar refractivity (Wildman–Crippen MR) is 83.7 cm³/mol. The van der Waals surface area contributed by atoms with Gasteiger partial charge in [-0.15, -0.1) is 0 Å². The van der Waals surface area contributed by atoms with Gasteiger partial charge in [0, 0.05) is 10.7 Å². The smallest absolute Gasteiger partial charge is 0.263 e. The summed E-state index contributed by atoms with van der Waals surface area (Å²) in [5, 5.41) is 3.43. The molecule has 0 fully saturated rings. The maximum absolute atomic E-state index is 12.5. The molecule has 0 saturated heterocycles. The quantitative estimate of drug-likeness (QED) is 0.931. The van der Waals surface area contributed by atoms with Gasteiger partial charge >= 0.3 is 0 Å². The van der Waals surface area contributed by atoms with Crippen molar-refractivity contribution in [1.29, 1.82) is 0 Å². The Morgan fingerprint density at radius 2 is 1.62 bits per heavy atom. The number of benzene rings is 2. The average molecular weight is 306 g/mol. The lowest BCUT2D eigenvalue weighted by molar-refractivity contribution is 0.102. The van der Waals surface area contributed by atoms with Crippen molar-refractivity contribution >= 4 is 23.2 Å². The molecule has 0 saturated carbocycles. The van der Waals surface area contributed by atoms with Gasteiger partial charge in [0.1, 0.15) is 17.1 Å². The molecule has 4 nitrogen and oxygen atoms in total. The van der Waals surface area contributed by atoms with Gasteiger partial charge in [0.25, 0.3) is 5.91 Å². The van der Waals surface area contributed by atoms with Gasteiger partial charge in [-0.3, -0.25) is 4.79 Å². The zero-order valence-electron chi connectivity index (χ0n) is 12.1. The van der Waals surface area contributed by atoms with E-state index in [0.717, 1.165) is 5.56 Å². The second-order valence-electron chi connectivity index (χ2n) is 4.40. The number of halogens is 1. The maximum Gasteiger partial charge on any atom is 0.263 e. The zero-order valence-corrected chi connectivity index (χ0v) is 12.8. The SMILES string of the molecule is COc1cccc(OC)c1C(=O)Nc1cccc(Cl)c1C. The van der Waals surface area contributed by atoms with Crippen LogP contribution < -0.4 is 14.8 Å². The molecule has 5 heteroatoms. The summed E-state index contributed by atoms with van der Waals surface area (Å²) in [5.41, 5.74) is 1.81. The summed E-state index contributed by atoms with van der Waals surface area (Å²) in [6.45, 7) is 1.84. The van der Waals surface area contributed by atoms with Crippen molar-refractivity contribution in [1.82, 2.24) is 0 Å². The predicted octanol–water partition coefficient (Wildman–Crippen LogP) is 3.92. The van der Waals surface area contributed by atoms with Crippen LogP contribution >= 0.6 is 11.6 Å². The number of hydrogen-bond donors (Lipinski definition) is 1. The van der Waals surface area contributed by atoms with Crippen LogP contribution in [-0.4, -0.2) is 20.1 Å². The number of methoxy groups -OCH3 is 2. The Kier molecular flexibility index (Phi) is 4.70. The molecule has 0 aliphatic rings. The lowest BCUT2D eigenvalue weighted by Crippen LogP contribution is -2.15. The lowest BCUT2D eigenvalue weighted by Gasteiger charge is -2.14. The summed E-state index contributed by atoms with van der Waals surface area (Å²) >= 11 is 6.06. The minimum Gasteiger partial charge on any atom is -0.496 e. The Hall–Kier alpha value is -2.20. The van der Waals surface area contributed by atoms with Gasteiger partial charge in [0.2, 0.25) is 0 Å². The van der Waals surface area contributed by atoms with Crippen LogP contribution in [0.4, 0.5) is 5.69 Å². The Morgan fingerprint density at radius 1 is 1.05 bits per heavy atom. The standard InChI is InChI=1S/C16H16ClNO3/c1-10-11(17)6-4-7-12(10)18-16(19)15-13(20-2)8-5-9-14(15)21-3/h4-9H,1-3H3,(H,18,19). The first-order valence-corrected chi connectivity index (χ1v) is 6.73. The molecule has 0 radical (unpaired) electrons. The molecule has 0 aliphatic heterocycles. The number of nitrogens with one attached hydrogen (secondary N) is 1. The van der Waals surface area contributed by atoms with Crippen molar-refractivity contribution in [3.05, 3.63) is 52.5 Å². The van der Waals surface area contributed by atoms with Gasteiger partial charge in [-0.25, -0.2) is 0 Å². The highest BCUT2D eigenvalue weighted by Gasteiger charge is 2.19. The van der Waals surface area contributed by atoms with E-state index in [2.05, 4.69) is 5.32 Å². The molecule has 1 amide bonds. The fourth-order valence-electron chi connectivity index (χ4n) is 2.00. The number of hydrogen-bond acceptors (Lipinski definition) is 3. The molecule has 0 aliphatic carbocycles. The third-order valence-corrected chi connectivity index (χ3v) is 3.58. The van der Waals surface area contributed by atoms with Crippen LogP contribution in [0, 0.1) is 6.92 Å². The largest absolute Gasteiger partial charge is 0.496 e. The molecule has 110 valence electrons. The minimum absolute atomic E-state index is 0.310. The Labute approximate surface area is 128 Å². The van der Waals surface area contributed by atoms with Gasteiger partial charge in [-0.1, -0.05) is 23.7 Å². The molecule has 2 aromatic carbocycles. The first-order chi connectivity index (χ1) is 10.1. The fourth-order valence-corrected chi connectivity index (χ4v) is 2.18. The molecular weight excluding hydrogens is 290 g/mol. The second-order valence-corrected chi connectivity index (χ2v) is 4.81. The highest BCUT2D eigenvalue weighted by molar-refractivity contribution is 6.31. The van der Waals surface area contributed by atoms with Gasteiger partial charge < -0.3 is 14.8 Å². The molecule has 0 bridgehead atoms. The summed E-state index contributed by atoms with van der Waals surface area (Å²) in [6, 6.07) is 10.5. The van der Waals surface area contributed by atoms with Crippen molar-refractivity contribution in [3.8, 4) is 11.5 Å². The van der Waals surface area contributed by atoms with Crippen LogP contribution in [0.25, 0.3) is 0 Å². The van der Waals surface area contributed by atoms with Gasteiger partial charge in [-0.05, 0) is 36.8 Å². The van der Waals surface area contributed by atoms with E-state index in [0.29, 0.717) is 27.8 Å². The molecule has 0 aromatic heterocycles. The van der Waals surface area contributed by atoms with Crippen molar-refractivity contribution in [2.24, 2.45) is 0 Å². The number of carbonyl (C=O) groups is 1. The molecular formula is C16H16ClNO3. The fraction of sp³-hybridized carbons (Fsp3) is 0.188. The zero-order chi connectivity index (χ0) is 15.4. The minimum atomic E-state index is -0.310. The topological polar surface area (TPSA) is 47.6 Å². The van der Waals surface area contributed by atoms with Crippen LogP contribution in [0.15, 0.2) is 36.4 Å². The van der Waals surface area contributed by atoms with Gasteiger partial charge in [0.15, 0.2) is 0 Å². The van der Waals surface area contributed by atoms with Crippen LogP contribution in [0.5, 0.6) is 11.5 Å². The third kappa shape index (κ3) is 3.11. The van der Waals surface area contributed by atoms with E-state index in [4.69, 9.17) is 21.1 Å². The molecule has 0 spiro atoms. The molecule has 0 heterocycles. The van der Waals surface area contributed by atoms with Crippen molar-refractivity contribution in [3.63, 3.8) is 0 Å². The maximum atomic E-state index is 12.5. The number of rotatable bonds is 4. The first kappa shape index (κ1) is 15.2. The Bertz CT molecular complexity index is 648. The summed E-state index contributed by atoms with van der Waals surface area (Å²) < 4.78 is 10.5. The molecule has 2 rings (SSSR count). The highest BCUT2D eigenvalue weighted by atomic mass is 35.5. The van der Waals surface area contributed by atoms with E-state index >= 15 is 0 Å². The second kappa shape index (κ2) is 6.50. The normalized spacial score (nSPS) is 10.1. The number of carbonyl (C=O) groups excluding carboxylic acids is 1. The Balaban J connectivity index is 2.39. The van der Waals surface area contributed by atoms with Crippen LogP contribution in [-0.2, 0) is 0 Å². The molecule has 0 unspecified atom stereocenters. The van der Waals surface area contributed by atoms with Crippen LogP contribution in [0.3, 0.4) is 0 Å². The van der Waals surface area contributed by atoms with Gasteiger partial charge in [-0.2, -0.15) is 0 Å². The Morgan fingerprint density at radius 3 is 2.19 bits per heavy atom. The summed E-state index contributed by atoms with van der Waals surface area (Å²) in [4.78, 5) is 12.5. The average Bonchev–Trinajstić information content (AvgIpc) is 2.50. The monoisotopic (exact) mass is 305 g/mol. The molecule has 1 N–H and O–H groups in total. The van der Waals surface area contributed by atoms with E-state index in [1.54, 1.807) is 36.4 Å². The van der Waals surface area contributed by atoms with Gasteiger partial charge in [0.05, 0.1) is 14.2 Å². The van der Waals surface area contributed by atoms with Crippen molar-refractivity contribution in [2.75, 3.05) is 19.5 Å². The molecule has 0 atom stereocenters. The van der Waals surface area contributed by atoms with Crippen molar-refractivity contribution < 1.29 is 14.3 Å². The van der Waals surface area contributed by atoms with Crippen LogP contribution in [0.1, 0.15) is 15.9 Å². The third-order valence-electron chi connectivity index (χ3n) is 3.17. The molecule has 2 aromatic rings. The summed E-state index contributed by atoms with van der Waals surface area (Å²) in [6.07, 6.45) is 0. The summed E-state index contributed by atoms with van der Waals surface area (Å²) in [7, 11) is 3.02. The number of anilines is 1. The van der Waals surface area contributed by atoms with Crippen molar-refractivity contribution in [2.45, 2.75) is 6.92 Å².